The van der Waals surface area contributed by atoms with Crippen LogP contribution >= 0.6 is 0 Å². The standard InChI is InChI=1S/C21H23FN2O2/c22-16-7-5-15(6-8-16)20-18-4-2-1-3-14(18)11-12-24(20)21(25)19-10-9-17(13-23)26-19/h1-8,17,19-20H,9-13,23H2/t17-,19-,20-/m0/s1. The quantitative estimate of drug-likeness (QED) is 0.922. The van der Waals surface area contributed by atoms with E-state index in [1.807, 2.05) is 17.0 Å². The maximum Gasteiger partial charge on any atom is 0.252 e. The lowest BCUT2D eigenvalue weighted by Crippen LogP contribution is -2.45. The van der Waals surface area contributed by atoms with Crippen molar-refractivity contribution in [2.45, 2.75) is 37.5 Å². The number of benzene rings is 2. The highest BCUT2D eigenvalue weighted by Crippen LogP contribution is 2.36. The van der Waals surface area contributed by atoms with Crippen molar-refractivity contribution in [2.75, 3.05) is 13.1 Å². The summed E-state index contributed by atoms with van der Waals surface area (Å²) in [4.78, 5) is 15.1. The van der Waals surface area contributed by atoms with Gasteiger partial charge in [0.1, 0.15) is 11.9 Å². The van der Waals surface area contributed by atoms with Crippen LogP contribution in [0.5, 0.6) is 0 Å². The number of rotatable bonds is 3. The molecule has 2 aliphatic rings. The lowest BCUT2D eigenvalue weighted by atomic mass is 9.87. The van der Waals surface area contributed by atoms with Crippen molar-refractivity contribution in [3.63, 3.8) is 0 Å². The third-order valence-corrected chi connectivity index (χ3v) is 5.40. The molecule has 136 valence electrons. The molecule has 0 radical (unpaired) electrons. The van der Waals surface area contributed by atoms with E-state index in [1.165, 1.54) is 17.7 Å². The van der Waals surface area contributed by atoms with Crippen molar-refractivity contribution in [3.05, 3.63) is 71.0 Å². The highest BCUT2D eigenvalue weighted by Gasteiger charge is 2.38. The second-order valence-corrected chi connectivity index (χ2v) is 6.99. The number of halogens is 1. The number of hydrogen-bond donors (Lipinski definition) is 1. The summed E-state index contributed by atoms with van der Waals surface area (Å²) >= 11 is 0. The maximum absolute atomic E-state index is 13.4. The van der Waals surface area contributed by atoms with Gasteiger partial charge in [-0.3, -0.25) is 4.79 Å². The monoisotopic (exact) mass is 354 g/mol. The Hall–Kier alpha value is -2.24. The first kappa shape index (κ1) is 17.2. The molecule has 2 aromatic rings. The fraction of sp³-hybridized carbons (Fsp3) is 0.381. The Kier molecular flexibility index (Phi) is 4.74. The zero-order valence-corrected chi connectivity index (χ0v) is 14.6. The molecule has 1 fully saturated rings. The van der Waals surface area contributed by atoms with Crippen LogP contribution in [0.25, 0.3) is 0 Å². The van der Waals surface area contributed by atoms with E-state index in [-0.39, 0.29) is 23.9 Å². The van der Waals surface area contributed by atoms with Crippen LogP contribution in [-0.2, 0) is 16.0 Å². The Morgan fingerprint density at radius 2 is 1.92 bits per heavy atom. The second kappa shape index (κ2) is 7.17. The van der Waals surface area contributed by atoms with Crippen molar-refractivity contribution in [2.24, 2.45) is 5.73 Å². The molecule has 2 aliphatic heterocycles. The van der Waals surface area contributed by atoms with Gasteiger partial charge < -0.3 is 15.4 Å². The van der Waals surface area contributed by atoms with Gasteiger partial charge in [-0.2, -0.15) is 0 Å². The third-order valence-electron chi connectivity index (χ3n) is 5.40. The first-order chi connectivity index (χ1) is 12.7. The fourth-order valence-electron chi connectivity index (χ4n) is 4.05. The molecule has 2 heterocycles. The number of nitrogens with zero attached hydrogens (tertiary/aromatic N) is 1. The minimum atomic E-state index is -0.434. The van der Waals surface area contributed by atoms with Gasteiger partial charge in [-0.25, -0.2) is 4.39 Å². The predicted octanol–water partition coefficient (Wildman–Crippen LogP) is 2.81. The molecule has 4 nitrogen and oxygen atoms in total. The molecule has 2 aromatic carbocycles. The van der Waals surface area contributed by atoms with Gasteiger partial charge in [0.2, 0.25) is 0 Å². The van der Waals surface area contributed by atoms with E-state index in [0.717, 1.165) is 24.0 Å². The van der Waals surface area contributed by atoms with Gasteiger partial charge in [0, 0.05) is 13.1 Å². The zero-order valence-electron chi connectivity index (χ0n) is 14.6. The Morgan fingerprint density at radius 3 is 2.65 bits per heavy atom. The summed E-state index contributed by atoms with van der Waals surface area (Å²) in [5, 5.41) is 0. The summed E-state index contributed by atoms with van der Waals surface area (Å²) in [6.45, 7) is 1.07. The number of hydrogen-bond acceptors (Lipinski definition) is 3. The molecule has 0 aromatic heterocycles. The SMILES string of the molecule is NC[C@@H]1CC[C@@H](C(=O)N2CCc3ccccc3[C@@H]2c2ccc(F)cc2)O1. The average Bonchev–Trinajstić information content (AvgIpc) is 3.16. The molecular formula is C21H23FN2O2. The Bertz CT molecular complexity index is 793. The molecule has 0 aliphatic carbocycles. The van der Waals surface area contributed by atoms with E-state index in [0.29, 0.717) is 19.5 Å². The Morgan fingerprint density at radius 1 is 1.15 bits per heavy atom. The third kappa shape index (κ3) is 3.13. The number of fused-ring (bicyclic) bond motifs is 1. The molecule has 4 rings (SSSR count). The summed E-state index contributed by atoms with van der Waals surface area (Å²) in [7, 11) is 0. The van der Waals surface area contributed by atoms with Crippen molar-refractivity contribution in [3.8, 4) is 0 Å². The Labute approximate surface area is 152 Å². The van der Waals surface area contributed by atoms with Gasteiger partial charge in [0.15, 0.2) is 0 Å². The van der Waals surface area contributed by atoms with E-state index in [2.05, 4.69) is 12.1 Å². The van der Waals surface area contributed by atoms with Crippen molar-refractivity contribution >= 4 is 5.91 Å². The first-order valence-electron chi connectivity index (χ1n) is 9.16. The smallest absolute Gasteiger partial charge is 0.252 e. The van der Waals surface area contributed by atoms with Crippen LogP contribution in [0.15, 0.2) is 48.5 Å². The number of amides is 1. The highest BCUT2D eigenvalue weighted by molar-refractivity contribution is 5.82. The minimum absolute atomic E-state index is 0.00442. The van der Waals surface area contributed by atoms with E-state index in [9.17, 15) is 9.18 Å². The molecule has 1 saturated heterocycles. The predicted molar refractivity (Wildman–Crippen MR) is 97.1 cm³/mol. The van der Waals surface area contributed by atoms with Crippen molar-refractivity contribution in [1.82, 2.24) is 4.90 Å². The number of nitrogens with two attached hydrogens (primary N) is 1. The van der Waals surface area contributed by atoms with Crippen molar-refractivity contribution in [1.29, 1.82) is 0 Å². The summed E-state index contributed by atoms with van der Waals surface area (Å²) in [6.07, 6.45) is 1.86. The summed E-state index contributed by atoms with van der Waals surface area (Å²) in [5.74, 6) is -0.273. The summed E-state index contributed by atoms with van der Waals surface area (Å²) in [5.41, 5.74) is 8.94. The van der Waals surface area contributed by atoms with Crippen LogP contribution < -0.4 is 5.73 Å². The van der Waals surface area contributed by atoms with Crippen LogP contribution in [0, 0.1) is 5.82 Å². The van der Waals surface area contributed by atoms with Crippen LogP contribution in [0.3, 0.4) is 0 Å². The first-order valence-corrected chi connectivity index (χ1v) is 9.16. The maximum atomic E-state index is 13.4. The summed E-state index contributed by atoms with van der Waals surface area (Å²) in [6, 6.07) is 14.4. The van der Waals surface area contributed by atoms with E-state index < -0.39 is 6.10 Å². The number of carbonyl (C=O) groups is 1. The lowest BCUT2D eigenvalue weighted by Gasteiger charge is -2.39. The van der Waals surface area contributed by atoms with Crippen LogP contribution in [0.4, 0.5) is 4.39 Å². The fourth-order valence-corrected chi connectivity index (χ4v) is 4.05. The topological polar surface area (TPSA) is 55.6 Å². The molecular weight excluding hydrogens is 331 g/mol. The molecule has 0 spiro atoms. The van der Waals surface area contributed by atoms with Crippen LogP contribution in [0.1, 0.15) is 35.6 Å². The molecule has 3 atom stereocenters. The van der Waals surface area contributed by atoms with Gasteiger partial charge in [-0.1, -0.05) is 36.4 Å². The highest BCUT2D eigenvalue weighted by atomic mass is 19.1. The largest absolute Gasteiger partial charge is 0.364 e. The van der Waals surface area contributed by atoms with Crippen LogP contribution in [-0.4, -0.2) is 36.1 Å². The molecule has 5 heteroatoms. The van der Waals surface area contributed by atoms with E-state index in [1.54, 1.807) is 12.1 Å². The van der Waals surface area contributed by atoms with E-state index >= 15 is 0 Å². The lowest BCUT2D eigenvalue weighted by molar-refractivity contribution is -0.145. The normalized spacial score (nSPS) is 25.2. The molecule has 0 saturated carbocycles. The Balaban J connectivity index is 1.69. The summed E-state index contributed by atoms with van der Waals surface area (Å²) < 4.78 is 19.3. The molecule has 26 heavy (non-hydrogen) atoms. The molecule has 2 N–H and O–H groups in total. The second-order valence-electron chi connectivity index (χ2n) is 6.99. The van der Waals surface area contributed by atoms with E-state index in [4.69, 9.17) is 10.5 Å². The number of ether oxygens (including phenoxy) is 1. The van der Waals surface area contributed by atoms with Crippen LogP contribution in [0.2, 0.25) is 0 Å². The molecule has 0 unspecified atom stereocenters. The zero-order chi connectivity index (χ0) is 18.1. The average molecular weight is 354 g/mol. The van der Waals surface area contributed by atoms with Gasteiger partial charge in [-0.05, 0) is 48.1 Å². The molecule has 1 amide bonds. The molecule has 0 bridgehead atoms. The minimum Gasteiger partial charge on any atom is -0.364 e. The van der Waals surface area contributed by atoms with Gasteiger partial charge >= 0.3 is 0 Å². The van der Waals surface area contributed by atoms with Gasteiger partial charge in [-0.15, -0.1) is 0 Å². The van der Waals surface area contributed by atoms with Gasteiger partial charge in [0.25, 0.3) is 5.91 Å². The number of carbonyl (C=O) groups excluding carboxylic acids is 1. The van der Waals surface area contributed by atoms with Crippen molar-refractivity contribution < 1.29 is 13.9 Å². The van der Waals surface area contributed by atoms with Gasteiger partial charge in [0.05, 0.1) is 12.1 Å².